The minimum absolute atomic E-state index is 0.0673. The van der Waals surface area contributed by atoms with Gasteiger partial charge in [-0.3, -0.25) is 0 Å². The van der Waals surface area contributed by atoms with Gasteiger partial charge < -0.3 is 9.26 Å². The number of fused-ring (bicyclic) bond motifs is 1. The first-order valence-electron chi connectivity index (χ1n) is 6.58. The highest BCUT2D eigenvalue weighted by atomic mass is 16.5. The molecular weight excluding hydrogens is 252 g/mol. The van der Waals surface area contributed by atoms with E-state index in [1.54, 1.807) is 7.11 Å². The van der Waals surface area contributed by atoms with Crippen LogP contribution in [0, 0.1) is 0 Å². The lowest BCUT2D eigenvalue weighted by Gasteiger charge is -2.08. The lowest BCUT2D eigenvalue weighted by Crippen LogP contribution is -1.97. The zero-order chi connectivity index (χ0) is 13.9. The van der Waals surface area contributed by atoms with Crippen LogP contribution in [-0.4, -0.2) is 17.3 Å². The Hall–Kier alpha value is -2.20. The Labute approximate surface area is 117 Å². The van der Waals surface area contributed by atoms with Crippen LogP contribution in [0.4, 0.5) is 0 Å². The largest absolute Gasteiger partial charge is 0.377 e. The third kappa shape index (κ3) is 2.42. The van der Waals surface area contributed by atoms with Gasteiger partial charge in [0, 0.05) is 7.11 Å². The monoisotopic (exact) mass is 268 g/mol. The molecule has 20 heavy (non-hydrogen) atoms. The Balaban J connectivity index is 1.92. The first-order valence-corrected chi connectivity index (χ1v) is 6.58. The van der Waals surface area contributed by atoms with Gasteiger partial charge in [-0.1, -0.05) is 47.6 Å². The third-order valence-corrected chi connectivity index (χ3v) is 3.40. The van der Waals surface area contributed by atoms with E-state index in [2.05, 4.69) is 47.4 Å². The SMILES string of the molecule is COCc1noc(C(C)c2ccc3ccccc3c2)n1. The van der Waals surface area contributed by atoms with Crippen LogP contribution in [0.2, 0.25) is 0 Å². The maximum absolute atomic E-state index is 5.30. The van der Waals surface area contributed by atoms with Crippen molar-refractivity contribution in [2.45, 2.75) is 19.4 Å². The Bertz CT molecular complexity index is 721. The molecule has 0 aliphatic carbocycles. The minimum Gasteiger partial charge on any atom is -0.377 e. The Morgan fingerprint density at radius 1 is 1.15 bits per heavy atom. The smallest absolute Gasteiger partial charge is 0.233 e. The van der Waals surface area contributed by atoms with E-state index in [9.17, 15) is 0 Å². The lowest BCUT2D eigenvalue weighted by atomic mass is 9.98. The maximum atomic E-state index is 5.30. The summed E-state index contributed by atoms with van der Waals surface area (Å²) in [6, 6.07) is 14.7. The van der Waals surface area contributed by atoms with E-state index in [0.29, 0.717) is 18.3 Å². The summed E-state index contributed by atoms with van der Waals surface area (Å²) in [7, 11) is 1.61. The first kappa shape index (κ1) is 12.8. The minimum atomic E-state index is 0.0673. The van der Waals surface area contributed by atoms with Crippen LogP contribution in [0.5, 0.6) is 0 Å². The predicted molar refractivity (Wildman–Crippen MR) is 76.5 cm³/mol. The number of benzene rings is 2. The number of ether oxygens (including phenoxy) is 1. The molecule has 0 saturated heterocycles. The van der Waals surface area contributed by atoms with Crippen molar-refractivity contribution in [2.75, 3.05) is 7.11 Å². The molecule has 0 spiro atoms. The van der Waals surface area contributed by atoms with Crippen LogP contribution in [0.3, 0.4) is 0 Å². The van der Waals surface area contributed by atoms with Crippen molar-refractivity contribution < 1.29 is 9.26 Å². The molecule has 3 rings (SSSR count). The summed E-state index contributed by atoms with van der Waals surface area (Å²) in [5.41, 5.74) is 1.16. The molecule has 2 aromatic carbocycles. The summed E-state index contributed by atoms with van der Waals surface area (Å²) in [5, 5.41) is 6.35. The van der Waals surface area contributed by atoms with Crippen molar-refractivity contribution in [3.63, 3.8) is 0 Å². The van der Waals surface area contributed by atoms with Crippen LogP contribution >= 0.6 is 0 Å². The van der Waals surface area contributed by atoms with Gasteiger partial charge in [0.1, 0.15) is 6.61 Å². The van der Waals surface area contributed by atoms with Crippen LogP contribution in [-0.2, 0) is 11.3 Å². The second-order valence-corrected chi connectivity index (χ2v) is 4.81. The summed E-state index contributed by atoms with van der Waals surface area (Å²) in [5.74, 6) is 1.26. The zero-order valence-corrected chi connectivity index (χ0v) is 11.5. The van der Waals surface area contributed by atoms with Gasteiger partial charge in [0.2, 0.25) is 5.89 Å². The molecule has 0 fully saturated rings. The number of methoxy groups -OCH3 is 1. The Morgan fingerprint density at radius 2 is 1.95 bits per heavy atom. The average Bonchev–Trinajstić information content (AvgIpc) is 2.95. The van der Waals surface area contributed by atoms with E-state index < -0.39 is 0 Å². The molecule has 0 amide bonds. The highest BCUT2D eigenvalue weighted by molar-refractivity contribution is 5.83. The van der Waals surface area contributed by atoms with Gasteiger partial charge in [0.15, 0.2) is 5.82 Å². The third-order valence-electron chi connectivity index (χ3n) is 3.40. The number of aromatic nitrogens is 2. The van der Waals surface area contributed by atoms with Crippen molar-refractivity contribution in [1.29, 1.82) is 0 Å². The highest BCUT2D eigenvalue weighted by Crippen LogP contribution is 2.26. The molecule has 1 heterocycles. The Morgan fingerprint density at radius 3 is 2.75 bits per heavy atom. The van der Waals surface area contributed by atoms with Crippen LogP contribution in [0.1, 0.15) is 30.1 Å². The van der Waals surface area contributed by atoms with Crippen LogP contribution in [0.15, 0.2) is 47.0 Å². The van der Waals surface area contributed by atoms with Gasteiger partial charge in [-0.2, -0.15) is 4.98 Å². The molecule has 1 aromatic heterocycles. The molecule has 4 nitrogen and oxygen atoms in total. The van der Waals surface area contributed by atoms with E-state index in [0.717, 1.165) is 5.56 Å². The molecule has 4 heteroatoms. The zero-order valence-electron chi connectivity index (χ0n) is 11.5. The second-order valence-electron chi connectivity index (χ2n) is 4.81. The van der Waals surface area contributed by atoms with Crippen molar-refractivity contribution in [2.24, 2.45) is 0 Å². The molecule has 3 aromatic rings. The summed E-state index contributed by atoms with van der Waals surface area (Å²) in [6.07, 6.45) is 0. The van der Waals surface area contributed by atoms with E-state index in [1.807, 2.05) is 12.1 Å². The highest BCUT2D eigenvalue weighted by Gasteiger charge is 2.16. The topological polar surface area (TPSA) is 48.2 Å². The molecule has 0 bridgehead atoms. The summed E-state index contributed by atoms with van der Waals surface area (Å²) in [6.45, 7) is 2.43. The standard InChI is InChI=1S/C16H16N2O2/c1-11(16-17-15(10-19-2)18-20-16)13-8-7-12-5-3-4-6-14(12)9-13/h3-9,11H,10H2,1-2H3. The first-order chi connectivity index (χ1) is 9.78. The summed E-state index contributed by atoms with van der Waals surface area (Å²) >= 11 is 0. The molecule has 0 N–H and O–H groups in total. The maximum Gasteiger partial charge on any atom is 0.233 e. The fraction of sp³-hybridized carbons (Fsp3) is 0.250. The molecule has 0 aliphatic rings. The van der Waals surface area contributed by atoms with Crippen molar-refractivity contribution in [1.82, 2.24) is 10.1 Å². The van der Waals surface area contributed by atoms with E-state index in [-0.39, 0.29) is 5.92 Å². The molecular formula is C16H16N2O2. The fourth-order valence-electron chi connectivity index (χ4n) is 2.25. The number of rotatable bonds is 4. The summed E-state index contributed by atoms with van der Waals surface area (Å²) in [4.78, 5) is 4.35. The van der Waals surface area contributed by atoms with Gasteiger partial charge in [-0.25, -0.2) is 0 Å². The van der Waals surface area contributed by atoms with Gasteiger partial charge in [0.25, 0.3) is 0 Å². The number of nitrogens with zero attached hydrogens (tertiary/aromatic N) is 2. The molecule has 0 aliphatic heterocycles. The van der Waals surface area contributed by atoms with Crippen LogP contribution in [0.25, 0.3) is 10.8 Å². The van der Waals surface area contributed by atoms with Gasteiger partial charge >= 0.3 is 0 Å². The van der Waals surface area contributed by atoms with Gasteiger partial charge in [-0.15, -0.1) is 0 Å². The molecule has 0 radical (unpaired) electrons. The quantitative estimate of drug-likeness (QED) is 0.726. The van der Waals surface area contributed by atoms with Gasteiger partial charge in [0.05, 0.1) is 5.92 Å². The van der Waals surface area contributed by atoms with Crippen LogP contribution < -0.4 is 0 Å². The molecule has 1 atom stereocenters. The fourth-order valence-corrected chi connectivity index (χ4v) is 2.25. The second kappa shape index (κ2) is 5.43. The van der Waals surface area contributed by atoms with Crippen molar-refractivity contribution in [3.05, 3.63) is 59.7 Å². The van der Waals surface area contributed by atoms with Crippen molar-refractivity contribution in [3.8, 4) is 0 Å². The van der Waals surface area contributed by atoms with Gasteiger partial charge in [-0.05, 0) is 23.3 Å². The lowest BCUT2D eigenvalue weighted by molar-refractivity contribution is 0.174. The molecule has 0 saturated carbocycles. The molecule has 102 valence electrons. The van der Waals surface area contributed by atoms with E-state index in [4.69, 9.17) is 9.26 Å². The average molecular weight is 268 g/mol. The summed E-state index contributed by atoms with van der Waals surface area (Å²) < 4.78 is 10.3. The van der Waals surface area contributed by atoms with Crippen molar-refractivity contribution >= 4 is 10.8 Å². The molecule has 1 unspecified atom stereocenters. The van der Waals surface area contributed by atoms with E-state index >= 15 is 0 Å². The number of hydrogen-bond donors (Lipinski definition) is 0. The number of hydrogen-bond acceptors (Lipinski definition) is 4. The van der Waals surface area contributed by atoms with E-state index in [1.165, 1.54) is 10.8 Å². The predicted octanol–water partition coefficient (Wildman–Crippen LogP) is 3.52. The Kier molecular flexibility index (Phi) is 3.48. The normalized spacial score (nSPS) is 12.7.